The van der Waals surface area contributed by atoms with E-state index < -0.39 is 0 Å². The van der Waals surface area contributed by atoms with Crippen LogP contribution in [0, 0.1) is 29.6 Å². The number of methoxy groups -OCH3 is 1. The number of fused-ring (bicyclic) bond motifs is 5. The zero-order chi connectivity index (χ0) is 20.2. The number of piperidine rings is 4. The summed E-state index contributed by atoms with van der Waals surface area (Å²) in [5.41, 5.74) is 1.37. The number of carbonyl (C=O) groups is 1. The van der Waals surface area contributed by atoms with Crippen molar-refractivity contribution in [1.29, 1.82) is 0 Å². The van der Waals surface area contributed by atoms with Crippen molar-refractivity contribution in [3.05, 3.63) is 29.8 Å². The summed E-state index contributed by atoms with van der Waals surface area (Å²) in [5, 5.41) is 3.44. The van der Waals surface area contributed by atoms with Gasteiger partial charge in [-0.1, -0.05) is 18.6 Å². The maximum absolute atomic E-state index is 13.4. The zero-order valence-corrected chi connectivity index (χ0v) is 18.1. The Morgan fingerprint density at radius 3 is 2.83 bits per heavy atom. The number of nitrogens with one attached hydrogen (secondary N) is 1. The molecule has 1 saturated carbocycles. The molecule has 1 aliphatic carbocycles. The monoisotopic (exact) mass is 409 g/mol. The minimum atomic E-state index is 0.323. The molecule has 1 N–H and O–H groups in total. The third-order valence-electron chi connectivity index (χ3n) is 8.89. The lowest BCUT2D eigenvalue weighted by molar-refractivity contribution is -0.143. The maximum Gasteiger partial charge on any atom is 0.226 e. The Hall–Kier alpha value is -1.59. The minimum absolute atomic E-state index is 0.323. The standard InChI is InChI=1S/C25H35N3O2/c1-30-19-6-4-5-16(9-19)10-23-18-11-17(22-7-2-3-8-28(22)23)14-27(15-18)25(29)24-20-12-26-13-21(20)24/h4-6,9,17-18,20-24,26H,2-3,7-8,10-15H2,1H3/t17-,18+,20-,21+,22+,23+,24?/m1/s1. The van der Waals surface area contributed by atoms with E-state index in [-0.39, 0.29) is 0 Å². The summed E-state index contributed by atoms with van der Waals surface area (Å²) in [6, 6.07) is 9.82. The molecule has 2 bridgehead atoms. The molecule has 1 aromatic rings. The number of likely N-dealkylation sites (tertiary alicyclic amines) is 1. The van der Waals surface area contributed by atoms with Gasteiger partial charge in [-0.2, -0.15) is 0 Å². The highest BCUT2D eigenvalue weighted by Gasteiger charge is 2.59. The number of benzene rings is 1. The summed E-state index contributed by atoms with van der Waals surface area (Å²) >= 11 is 0. The third kappa shape index (κ3) is 3.16. The van der Waals surface area contributed by atoms with Crippen molar-refractivity contribution in [3.63, 3.8) is 0 Å². The number of amides is 1. The lowest BCUT2D eigenvalue weighted by Crippen LogP contribution is -2.64. The van der Waals surface area contributed by atoms with Gasteiger partial charge < -0.3 is 15.0 Å². The van der Waals surface area contributed by atoms with E-state index >= 15 is 0 Å². The predicted octanol–water partition coefficient (Wildman–Crippen LogP) is 2.40. The average molecular weight is 410 g/mol. The summed E-state index contributed by atoms with van der Waals surface area (Å²) in [4.78, 5) is 18.5. The van der Waals surface area contributed by atoms with Crippen molar-refractivity contribution in [2.45, 2.75) is 44.2 Å². The summed E-state index contributed by atoms with van der Waals surface area (Å²) in [6.07, 6.45) is 6.36. The topological polar surface area (TPSA) is 44.8 Å². The molecular formula is C25H35N3O2. The fourth-order valence-electron chi connectivity index (χ4n) is 7.40. The first-order valence-corrected chi connectivity index (χ1v) is 12.1. The number of carbonyl (C=O) groups excluding carboxylic acids is 1. The number of nitrogens with zero attached hydrogens (tertiary/aromatic N) is 2. The molecule has 4 aliphatic heterocycles. The van der Waals surface area contributed by atoms with Crippen LogP contribution in [-0.2, 0) is 11.2 Å². The summed E-state index contributed by atoms with van der Waals surface area (Å²) in [5.74, 6) is 4.27. The van der Waals surface area contributed by atoms with Gasteiger partial charge in [-0.3, -0.25) is 9.69 Å². The molecule has 162 valence electrons. The van der Waals surface area contributed by atoms with Crippen LogP contribution in [0.1, 0.15) is 31.2 Å². The van der Waals surface area contributed by atoms with Crippen molar-refractivity contribution >= 4 is 5.91 Å². The van der Waals surface area contributed by atoms with Gasteiger partial charge in [-0.15, -0.1) is 0 Å². The molecule has 7 atom stereocenters. The van der Waals surface area contributed by atoms with Gasteiger partial charge in [-0.25, -0.2) is 0 Å². The van der Waals surface area contributed by atoms with Crippen LogP contribution in [-0.4, -0.2) is 67.6 Å². The van der Waals surface area contributed by atoms with Crippen molar-refractivity contribution in [2.24, 2.45) is 29.6 Å². The smallest absolute Gasteiger partial charge is 0.226 e. The van der Waals surface area contributed by atoms with E-state index in [9.17, 15) is 4.79 Å². The first-order chi connectivity index (χ1) is 14.7. The van der Waals surface area contributed by atoms with Crippen molar-refractivity contribution in [1.82, 2.24) is 15.1 Å². The highest BCUT2D eigenvalue weighted by atomic mass is 16.5. The molecule has 5 aliphatic rings. The Morgan fingerprint density at radius 1 is 1.17 bits per heavy atom. The second-order valence-electron chi connectivity index (χ2n) is 10.4. The van der Waals surface area contributed by atoms with Gasteiger partial charge in [0.2, 0.25) is 5.91 Å². The molecule has 6 rings (SSSR count). The van der Waals surface area contributed by atoms with Crippen molar-refractivity contribution < 1.29 is 9.53 Å². The van der Waals surface area contributed by atoms with E-state index in [2.05, 4.69) is 33.3 Å². The zero-order valence-electron chi connectivity index (χ0n) is 18.1. The van der Waals surface area contributed by atoms with Crippen LogP contribution in [0.15, 0.2) is 24.3 Å². The summed E-state index contributed by atoms with van der Waals surface area (Å²) < 4.78 is 5.48. The second-order valence-corrected chi connectivity index (χ2v) is 10.4. The number of hydrogen-bond donors (Lipinski definition) is 1. The fraction of sp³-hybridized carbons (Fsp3) is 0.720. The van der Waals surface area contributed by atoms with Crippen LogP contribution in [0.5, 0.6) is 5.75 Å². The van der Waals surface area contributed by atoms with E-state index in [0.29, 0.717) is 47.6 Å². The minimum Gasteiger partial charge on any atom is -0.497 e. The van der Waals surface area contributed by atoms with Gasteiger partial charge in [-0.05, 0) is 86.7 Å². The van der Waals surface area contributed by atoms with E-state index in [1.54, 1.807) is 7.11 Å². The quantitative estimate of drug-likeness (QED) is 0.830. The second kappa shape index (κ2) is 7.52. The molecule has 0 spiro atoms. The molecule has 4 saturated heterocycles. The van der Waals surface area contributed by atoms with Crippen LogP contribution in [0.4, 0.5) is 0 Å². The Morgan fingerprint density at radius 2 is 2.00 bits per heavy atom. The van der Waals surface area contributed by atoms with Crippen molar-refractivity contribution in [2.75, 3.05) is 39.8 Å². The van der Waals surface area contributed by atoms with Gasteiger partial charge in [0.05, 0.1) is 7.11 Å². The van der Waals surface area contributed by atoms with E-state index in [4.69, 9.17) is 4.74 Å². The van der Waals surface area contributed by atoms with Crippen molar-refractivity contribution in [3.8, 4) is 5.75 Å². The molecule has 1 aromatic carbocycles. The normalized spacial score (nSPS) is 39.9. The largest absolute Gasteiger partial charge is 0.497 e. The van der Waals surface area contributed by atoms with Gasteiger partial charge in [0.15, 0.2) is 0 Å². The first-order valence-electron chi connectivity index (χ1n) is 12.1. The summed E-state index contributed by atoms with van der Waals surface area (Å²) in [6.45, 7) is 5.31. The van der Waals surface area contributed by atoms with E-state index in [1.807, 2.05) is 6.07 Å². The molecule has 1 amide bonds. The van der Waals surface area contributed by atoms with Gasteiger partial charge in [0.25, 0.3) is 0 Å². The Balaban J connectivity index is 1.23. The fourth-order valence-corrected chi connectivity index (χ4v) is 7.40. The number of rotatable bonds is 4. The molecule has 4 heterocycles. The molecule has 0 aromatic heterocycles. The predicted molar refractivity (Wildman–Crippen MR) is 116 cm³/mol. The Labute approximate surface area is 180 Å². The van der Waals surface area contributed by atoms with Crippen LogP contribution < -0.4 is 10.1 Å². The SMILES string of the molecule is COc1cccc(C[C@H]2[C@H]3C[C@H](CN(C(=O)C4[C@H]5CNC[C@@H]45)C3)[C@@H]3CCCCN32)c1. The third-order valence-corrected chi connectivity index (χ3v) is 8.89. The first kappa shape index (κ1) is 19.1. The van der Waals surface area contributed by atoms with Crippen LogP contribution >= 0.6 is 0 Å². The van der Waals surface area contributed by atoms with Crippen LogP contribution in [0.3, 0.4) is 0 Å². The lowest BCUT2D eigenvalue weighted by atomic mass is 9.71. The average Bonchev–Trinajstić information content (AvgIpc) is 3.26. The highest BCUT2D eigenvalue weighted by Crippen LogP contribution is 2.51. The maximum atomic E-state index is 13.4. The van der Waals surface area contributed by atoms with Crippen LogP contribution in [0.2, 0.25) is 0 Å². The molecule has 5 fully saturated rings. The van der Waals surface area contributed by atoms with Gasteiger partial charge in [0, 0.05) is 31.1 Å². The number of hydrogen-bond acceptors (Lipinski definition) is 4. The van der Waals surface area contributed by atoms with Crippen LogP contribution in [0.25, 0.3) is 0 Å². The Kier molecular flexibility index (Phi) is 4.80. The molecule has 1 unspecified atom stereocenters. The molecular weight excluding hydrogens is 374 g/mol. The summed E-state index contributed by atoms with van der Waals surface area (Å²) in [7, 11) is 1.75. The lowest BCUT2D eigenvalue weighted by Gasteiger charge is -2.57. The Bertz CT molecular complexity index is 803. The number of ether oxygens (including phenoxy) is 1. The van der Waals surface area contributed by atoms with Gasteiger partial charge >= 0.3 is 0 Å². The molecule has 0 radical (unpaired) electrons. The highest BCUT2D eigenvalue weighted by molar-refractivity contribution is 5.83. The molecule has 30 heavy (non-hydrogen) atoms. The molecule has 5 nitrogen and oxygen atoms in total. The van der Waals surface area contributed by atoms with E-state index in [0.717, 1.165) is 38.3 Å². The molecule has 5 heteroatoms. The van der Waals surface area contributed by atoms with Gasteiger partial charge in [0.1, 0.15) is 5.75 Å². The van der Waals surface area contributed by atoms with E-state index in [1.165, 1.54) is 37.8 Å².